The first kappa shape index (κ1) is 24.9. The molecule has 0 saturated heterocycles. The van der Waals surface area contributed by atoms with E-state index in [0.29, 0.717) is 6.61 Å². The molecule has 0 aliphatic carbocycles. The van der Waals surface area contributed by atoms with Crippen LogP contribution in [0.4, 0.5) is 0 Å². The van der Waals surface area contributed by atoms with Crippen molar-refractivity contribution in [2.45, 2.75) is 47.1 Å². The summed E-state index contributed by atoms with van der Waals surface area (Å²) in [5.41, 5.74) is -0.383. The van der Waals surface area contributed by atoms with Crippen molar-refractivity contribution in [2.24, 2.45) is 10.8 Å². The fourth-order valence-corrected chi connectivity index (χ4v) is 3.97. The Morgan fingerprint density at radius 3 is 2.12 bits per heavy atom. The summed E-state index contributed by atoms with van der Waals surface area (Å²) in [4.78, 5) is 0. The third kappa shape index (κ3) is 11.3. The van der Waals surface area contributed by atoms with Gasteiger partial charge in [0.1, 0.15) is 18.1 Å². The summed E-state index contributed by atoms with van der Waals surface area (Å²) in [5.74, 6) is 0.322. The minimum Gasteiger partial charge on any atom is -1.00 e. The van der Waals surface area contributed by atoms with Crippen LogP contribution in [0.15, 0.2) is 30.3 Å². The molecule has 1 unspecified atom stereocenters. The van der Waals surface area contributed by atoms with Gasteiger partial charge in [0.25, 0.3) is 10.1 Å². The van der Waals surface area contributed by atoms with Crippen LogP contribution in [-0.4, -0.2) is 38.0 Å². The molecular formula is C18H31NaO5S. The van der Waals surface area contributed by atoms with Gasteiger partial charge in [0.15, 0.2) is 0 Å². The largest absolute Gasteiger partial charge is 1.00 e. The summed E-state index contributed by atoms with van der Waals surface area (Å²) < 4.78 is 43.3. The van der Waals surface area contributed by atoms with Gasteiger partial charge in [-0.3, -0.25) is 4.55 Å². The van der Waals surface area contributed by atoms with Gasteiger partial charge < -0.3 is 10.9 Å². The van der Waals surface area contributed by atoms with Gasteiger partial charge in [-0.15, -0.1) is 0 Å². The van der Waals surface area contributed by atoms with E-state index in [-0.39, 0.29) is 43.0 Å². The van der Waals surface area contributed by atoms with E-state index in [9.17, 15) is 13.0 Å². The minimum atomic E-state index is -4.12. The average Bonchev–Trinajstić information content (AvgIpc) is 2.39. The molecule has 0 amide bonds. The van der Waals surface area contributed by atoms with Crippen LogP contribution in [0.25, 0.3) is 0 Å². The predicted octanol–water partition coefficient (Wildman–Crippen LogP) is 0.917. The van der Waals surface area contributed by atoms with E-state index in [0.717, 1.165) is 12.2 Å². The van der Waals surface area contributed by atoms with Crippen molar-refractivity contribution >= 4 is 10.1 Å². The van der Waals surface area contributed by atoms with E-state index in [2.05, 4.69) is 20.8 Å². The fraction of sp³-hybridized carbons (Fsp3) is 0.667. The van der Waals surface area contributed by atoms with Crippen LogP contribution in [0.5, 0.6) is 5.75 Å². The van der Waals surface area contributed by atoms with Gasteiger partial charge in [-0.05, 0) is 29.4 Å². The smallest absolute Gasteiger partial charge is 1.00 e. The van der Waals surface area contributed by atoms with Crippen LogP contribution in [0, 0.1) is 10.8 Å². The molecule has 1 aromatic rings. The molecule has 0 fully saturated rings. The third-order valence-electron chi connectivity index (χ3n) is 3.63. The van der Waals surface area contributed by atoms with E-state index in [1.807, 2.05) is 44.2 Å². The second-order valence-electron chi connectivity index (χ2n) is 8.00. The van der Waals surface area contributed by atoms with Crippen LogP contribution in [0.1, 0.15) is 42.5 Å². The Kier molecular flexibility index (Phi) is 10.2. The SMILES string of the molecule is CC(C)(C)CC(C)(C)C(CS(=O)(=O)O)OCCOc1ccccc1.[H-].[Na+]. The number of rotatable bonds is 9. The van der Waals surface area contributed by atoms with Crippen LogP contribution in [0.3, 0.4) is 0 Å². The zero-order chi connectivity index (χ0) is 18.4. The Bertz CT molecular complexity index is 600. The predicted molar refractivity (Wildman–Crippen MR) is 97.1 cm³/mol. The van der Waals surface area contributed by atoms with E-state index in [1.54, 1.807) is 0 Å². The van der Waals surface area contributed by atoms with Gasteiger partial charge in [-0.25, -0.2) is 0 Å². The molecule has 0 aliphatic rings. The molecule has 0 aromatic heterocycles. The van der Waals surface area contributed by atoms with E-state index in [1.165, 1.54) is 0 Å². The van der Waals surface area contributed by atoms with Crippen molar-refractivity contribution in [1.29, 1.82) is 0 Å². The molecule has 0 aliphatic heterocycles. The van der Waals surface area contributed by atoms with Crippen molar-refractivity contribution in [3.63, 3.8) is 0 Å². The molecular weight excluding hydrogens is 351 g/mol. The average molecular weight is 382 g/mol. The van der Waals surface area contributed by atoms with Crippen molar-refractivity contribution in [3.8, 4) is 5.75 Å². The molecule has 7 heteroatoms. The first-order chi connectivity index (χ1) is 10.9. The van der Waals surface area contributed by atoms with Gasteiger partial charge in [-0.1, -0.05) is 52.8 Å². The molecule has 0 spiro atoms. The van der Waals surface area contributed by atoms with Crippen molar-refractivity contribution < 1.29 is 53.4 Å². The number of hydrogen-bond donors (Lipinski definition) is 1. The molecule has 0 radical (unpaired) electrons. The van der Waals surface area contributed by atoms with Crippen LogP contribution < -0.4 is 34.3 Å². The van der Waals surface area contributed by atoms with Crippen molar-refractivity contribution in [1.82, 2.24) is 0 Å². The van der Waals surface area contributed by atoms with Crippen molar-refractivity contribution in [2.75, 3.05) is 19.0 Å². The maximum atomic E-state index is 11.4. The summed E-state index contributed by atoms with van der Waals surface area (Å²) in [5, 5.41) is 0. The molecule has 1 atom stereocenters. The Balaban J connectivity index is 0. The fourth-order valence-electron chi connectivity index (χ4n) is 3.04. The zero-order valence-corrected chi connectivity index (χ0v) is 19.1. The van der Waals surface area contributed by atoms with Gasteiger partial charge in [0, 0.05) is 0 Å². The third-order valence-corrected chi connectivity index (χ3v) is 4.36. The van der Waals surface area contributed by atoms with Crippen LogP contribution in [-0.2, 0) is 14.9 Å². The van der Waals surface area contributed by atoms with Gasteiger partial charge in [0.05, 0.1) is 12.7 Å². The van der Waals surface area contributed by atoms with Gasteiger partial charge in [0.2, 0.25) is 0 Å². The summed E-state index contributed by atoms with van der Waals surface area (Å²) in [6, 6.07) is 9.35. The van der Waals surface area contributed by atoms with Crippen molar-refractivity contribution in [3.05, 3.63) is 30.3 Å². The molecule has 0 saturated carbocycles. The minimum absolute atomic E-state index is 0. The van der Waals surface area contributed by atoms with E-state index >= 15 is 0 Å². The Labute approximate surface area is 176 Å². The quantitative estimate of drug-likeness (QED) is 0.391. The first-order valence-corrected chi connectivity index (χ1v) is 9.75. The molecule has 140 valence electrons. The van der Waals surface area contributed by atoms with E-state index in [4.69, 9.17) is 9.47 Å². The summed E-state index contributed by atoms with van der Waals surface area (Å²) in [6.07, 6.45) is 0.158. The molecule has 1 rings (SSSR count). The number of para-hydroxylation sites is 1. The van der Waals surface area contributed by atoms with Gasteiger partial charge in [-0.2, -0.15) is 8.42 Å². The Morgan fingerprint density at radius 2 is 1.64 bits per heavy atom. The normalized spacial score (nSPS) is 13.8. The summed E-state index contributed by atoms with van der Waals surface area (Å²) in [7, 11) is -4.12. The standard InChI is InChI=1S/C18H30O5S.Na.H/c1-17(2,3)14-18(4,5)16(13-24(19,20)21)23-12-11-22-15-9-7-6-8-10-15;;/h6-10,16H,11-14H2,1-5H3,(H,19,20,21);;/q;+1;-1. The maximum absolute atomic E-state index is 11.4. The molecule has 1 aromatic carbocycles. The Morgan fingerprint density at radius 1 is 1.08 bits per heavy atom. The second-order valence-corrected chi connectivity index (χ2v) is 9.49. The molecule has 1 N–H and O–H groups in total. The second kappa shape index (κ2) is 10.3. The van der Waals surface area contributed by atoms with Gasteiger partial charge >= 0.3 is 29.6 Å². The number of hydrogen-bond acceptors (Lipinski definition) is 4. The topological polar surface area (TPSA) is 72.8 Å². The monoisotopic (exact) mass is 382 g/mol. The van der Waals surface area contributed by atoms with Crippen LogP contribution >= 0.6 is 0 Å². The zero-order valence-electron chi connectivity index (χ0n) is 17.3. The summed E-state index contributed by atoms with van der Waals surface area (Å²) in [6.45, 7) is 10.8. The maximum Gasteiger partial charge on any atom is 1.00 e. The molecule has 0 bridgehead atoms. The first-order valence-electron chi connectivity index (χ1n) is 8.14. The number of benzene rings is 1. The molecule has 25 heavy (non-hydrogen) atoms. The van der Waals surface area contributed by atoms with Crippen LogP contribution in [0.2, 0.25) is 0 Å². The Hall–Kier alpha value is -0.110. The molecule has 0 heterocycles. The summed E-state index contributed by atoms with van der Waals surface area (Å²) >= 11 is 0. The number of ether oxygens (including phenoxy) is 2. The van der Waals surface area contributed by atoms with E-state index < -0.39 is 27.4 Å². The molecule has 5 nitrogen and oxygen atoms in total.